The van der Waals surface area contributed by atoms with Gasteiger partial charge in [-0.2, -0.15) is 0 Å². The number of benzene rings is 1. The van der Waals surface area contributed by atoms with E-state index in [4.69, 9.17) is 23.2 Å². The van der Waals surface area contributed by atoms with Crippen molar-refractivity contribution in [3.05, 3.63) is 30.6 Å². The van der Waals surface area contributed by atoms with E-state index in [-0.39, 0.29) is 5.28 Å². The predicted molar refractivity (Wildman–Crippen MR) is 70.0 cm³/mol. The summed E-state index contributed by atoms with van der Waals surface area (Å²) in [5.41, 5.74) is 0.768. The molecule has 0 aliphatic carbocycles. The van der Waals surface area contributed by atoms with Gasteiger partial charge < -0.3 is 0 Å². The molecule has 0 aliphatic heterocycles. The molecule has 0 aliphatic rings. The Bertz CT molecular complexity index is 518. The zero-order valence-electron chi connectivity index (χ0n) is 6.56. The molecular formula is C8H2BrCl2IN2. The van der Waals surface area contributed by atoms with Crippen molar-refractivity contribution in [1.82, 2.24) is 9.97 Å². The van der Waals surface area contributed by atoms with E-state index >= 15 is 0 Å². The van der Waals surface area contributed by atoms with Crippen LogP contribution < -0.4 is 0 Å². The van der Waals surface area contributed by atoms with E-state index in [1.807, 2.05) is 12.1 Å². The highest BCUT2D eigenvalue weighted by atomic mass is 127. The first-order valence-corrected chi connectivity index (χ1v) is 6.19. The lowest BCUT2D eigenvalue weighted by molar-refractivity contribution is 1.22. The fourth-order valence-corrected chi connectivity index (χ4v) is 2.43. The molecule has 1 heterocycles. The molecule has 0 spiro atoms. The van der Waals surface area contributed by atoms with Gasteiger partial charge in [-0.15, -0.1) is 0 Å². The maximum atomic E-state index is 5.93. The number of fused-ring (bicyclic) bond motifs is 1. The Balaban J connectivity index is 2.95. The molecule has 0 amide bonds. The number of aromatic nitrogens is 2. The van der Waals surface area contributed by atoms with E-state index in [1.165, 1.54) is 0 Å². The molecule has 6 heteroatoms. The molecule has 1 aromatic heterocycles. The third-order valence-corrected chi connectivity index (χ3v) is 4.64. The fourth-order valence-electron chi connectivity index (χ4n) is 1.07. The monoisotopic (exact) mass is 402 g/mol. The first-order chi connectivity index (χ1) is 6.59. The fraction of sp³-hybridized carbons (Fsp3) is 0. The van der Waals surface area contributed by atoms with E-state index in [9.17, 15) is 0 Å². The molecule has 2 rings (SSSR count). The second kappa shape index (κ2) is 4.08. The molecule has 2 nitrogen and oxygen atoms in total. The number of nitrogens with zero attached hydrogens (tertiary/aromatic N) is 2. The van der Waals surface area contributed by atoms with Gasteiger partial charge in [0.1, 0.15) is 5.15 Å². The van der Waals surface area contributed by atoms with E-state index in [0.717, 1.165) is 18.9 Å². The van der Waals surface area contributed by atoms with Gasteiger partial charge in [-0.25, -0.2) is 9.97 Å². The summed E-state index contributed by atoms with van der Waals surface area (Å²) in [5, 5.41) is 1.35. The van der Waals surface area contributed by atoms with Crippen LogP contribution >= 0.6 is 61.7 Å². The van der Waals surface area contributed by atoms with Crippen molar-refractivity contribution in [2.24, 2.45) is 0 Å². The number of hydrogen-bond acceptors (Lipinski definition) is 2. The van der Waals surface area contributed by atoms with E-state index in [1.54, 1.807) is 0 Å². The van der Waals surface area contributed by atoms with E-state index in [2.05, 4.69) is 48.5 Å². The van der Waals surface area contributed by atoms with E-state index < -0.39 is 0 Å². The van der Waals surface area contributed by atoms with Gasteiger partial charge in [-0.05, 0) is 62.3 Å². The second-order valence-electron chi connectivity index (χ2n) is 2.54. The quantitative estimate of drug-likeness (QED) is 0.372. The molecule has 0 N–H and O–H groups in total. The Morgan fingerprint density at radius 1 is 1.21 bits per heavy atom. The summed E-state index contributed by atoms with van der Waals surface area (Å²) in [5.74, 6) is 0. The smallest absolute Gasteiger partial charge is 0.217 e. The van der Waals surface area contributed by atoms with Gasteiger partial charge in [-0.3, -0.25) is 0 Å². The molecule has 0 atom stereocenters. The topological polar surface area (TPSA) is 25.8 Å². The lowest BCUT2D eigenvalue weighted by Gasteiger charge is -2.03. The normalized spacial score (nSPS) is 10.9. The van der Waals surface area contributed by atoms with Gasteiger partial charge in [0, 0.05) is 9.86 Å². The first-order valence-electron chi connectivity index (χ1n) is 3.56. The minimum absolute atomic E-state index is 0.165. The van der Waals surface area contributed by atoms with Crippen LogP contribution in [0, 0.1) is 3.57 Å². The van der Waals surface area contributed by atoms with Crippen LogP contribution in [0.4, 0.5) is 0 Å². The summed E-state index contributed by atoms with van der Waals surface area (Å²) in [6.07, 6.45) is 0. The van der Waals surface area contributed by atoms with Crippen molar-refractivity contribution >= 4 is 72.6 Å². The Labute approximate surface area is 112 Å². The summed E-state index contributed by atoms with van der Waals surface area (Å²) >= 11 is 17.2. The van der Waals surface area contributed by atoms with Crippen LogP contribution in [-0.4, -0.2) is 9.97 Å². The number of hydrogen-bond donors (Lipinski definition) is 0. The molecule has 1 aromatic carbocycles. The maximum Gasteiger partial charge on any atom is 0.224 e. The Kier molecular flexibility index (Phi) is 3.16. The zero-order chi connectivity index (χ0) is 10.3. The molecule has 0 bridgehead atoms. The molecular weight excluding hydrogens is 402 g/mol. The molecule has 2 aromatic rings. The predicted octanol–water partition coefficient (Wildman–Crippen LogP) is 4.30. The van der Waals surface area contributed by atoms with Gasteiger partial charge in [0.2, 0.25) is 5.28 Å². The Morgan fingerprint density at radius 2 is 1.93 bits per heavy atom. The standard InChI is InChI=1S/C8H2BrCl2IN2/c9-4-2-1-3-6(5(4)12)13-8(11)14-7(3)10/h1-2H. The van der Waals surface area contributed by atoms with Gasteiger partial charge in [0.05, 0.1) is 9.09 Å². The summed E-state index contributed by atoms with van der Waals surface area (Å²) in [4.78, 5) is 8.00. The van der Waals surface area contributed by atoms with Crippen LogP contribution in [0.2, 0.25) is 10.4 Å². The van der Waals surface area contributed by atoms with E-state index in [0.29, 0.717) is 5.15 Å². The third-order valence-electron chi connectivity index (χ3n) is 1.69. The minimum atomic E-state index is 0.165. The third kappa shape index (κ3) is 1.85. The van der Waals surface area contributed by atoms with Crippen LogP contribution in [0.15, 0.2) is 16.6 Å². The molecule has 0 saturated carbocycles. The van der Waals surface area contributed by atoms with Gasteiger partial charge >= 0.3 is 0 Å². The van der Waals surface area contributed by atoms with Crippen LogP contribution in [0.3, 0.4) is 0 Å². The summed E-state index contributed by atoms with van der Waals surface area (Å²) in [6, 6.07) is 3.77. The molecule has 0 unspecified atom stereocenters. The van der Waals surface area contributed by atoms with Crippen molar-refractivity contribution in [2.45, 2.75) is 0 Å². The van der Waals surface area contributed by atoms with Crippen molar-refractivity contribution in [1.29, 1.82) is 0 Å². The number of halogens is 4. The highest BCUT2D eigenvalue weighted by Gasteiger charge is 2.09. The Hall–Kier alpha value is 0.350. The number of rotatable bonds is 0. The molecule has 0 fully saturated rings. The van der Waals surface area contributed by atoms with Crippen molar-refractivity contribution in [2.75, 3.05) is 0 Å². The molecule has 0 radical (unpaired) electrons. The van der Waals surface area contributed by atoms with Crippen LogP contribution in [-0.2, 0) is 0 Å². The lowest BCUT2D eigenvalue weighted by Crippen LogP contribution is -1.89. The molecule has 0 saturated heterocycles. The Morgan fingerprint density at radius 3 is 2.64 bits per heavy atom. The minimum Gasteiger partial charge on any atom is -0.217 e. The van der Waals surface area contributed by atoms with Crippen LogP contribution in [0.1, 0.15) is 0 Å². The average molecular weight is 404 g/mol. The maximum absolute atomic E-state index is 5.93. The highest BCUT2D eigenvalue weighted by molar-refractivity contribution is 14.1. The van der Waals surface area contributed by atoms with Crippen molar-refractivity contribution in [3.63, 3.8) is 0 Å². The largest absolute Gasteiger partial charge is 0.224 e. The van der Waals surface area contributed by atoms with Crippen LogP contribution in [0.5, 0.6) is 0 Å². The summed E-state index contributed by atoms with van der Waals surface area (Å²) in [7, 11) is 0. The lowest BCUT2D eigenvalue weighted by atomic mass is 10.2. The van der Waals surface area contributed by atoms with Gasteiger partial charge in [0.15, 0.2) is 0 Å². The van der Waals surface area contributed by atoms with Crippen LogP contribution in [0.25, 0.3) is 10.9 Å². The van der Waals surface area contributed by atoms with Crippen molar-refractivity contribution in [3.8, 4) is 0 Å². The highest BCUT2D eigenvalue weighted by Crippen LogP contribution is 2.30. The SMILES string of the molecule is Clc1nc(Cl)c2ccc(Br)c(I)c2n1. The second-order valence-corrected chi connectivity index (χ2v) is 5.17. The van der Waals surface area contributed by atoms with Gasteiger partial charge in [-0.1, -0.05) is 11.6 Å². The molecule has 14 heavy (non-hydrogen) atoms. The average Bonchev–Trinajstić information content (AvgIpc) is 2.12. The summed E-state index contributed by atoms with van der Waals surface area (Å²) in [6.45, 7) is 0. The molecule has 72 valence electrons. The zero-order valence-corrected chi connectivity index (χ0v) is 11.8. The van der Waals surface area contributed by atoms with Gasteiger partial charge in [0.25, 0.3) is 0 Å². The first kappa shape index (κ1) is 10.9. The summed E-state index contributed by atoms with van der Waals surface area (Å²) < 4.78 is 1.95. The van der Waals surface area contributed by atoms with Crippen molar-refractivity contribution < 1.29 is 0 Å².